The Hall–Kier alpha value is -3.94. The molecule has 0 radical (unpaired) electrons. The van der Waals surface area contributed by atoms with Crippen molar-refractivity contribution in [2.75, 3.05) is 6.54 Å². The van der Waals surface area contributed by atoms with Crippen LogP contribution in [0.25, 0.3) is 10.9 Å². The molecule has 1 atom stereocenters. The maximum Gasteiger partial charge on any atom is 0.272 e. The van der Waals surface area contributed by atoms with Crippen molar-refractivity contribution in [3.8, 4) is 0 Å². The lowest BCUT2D eigenvalue weighted by atomic mass is 10.1. The lowest BCUT2D eigenvalue weighted by Gasteiger charge is -2.36. The van der Waals surface area contributed by atoms with Crippen LogP contribution in [0.4, 0.5) is 0 Å². The van der Waals surface area contributed by atoms with E-state index in [1.165, 1.54) is 0 Å². The summed E-state index contributed by atoms with van der Waals surface area (Å²) in [6.07, 6.45) is 5.36. The summed E-state index contributed by atoms with van der Waals surface area (Å²) in [5.74, 6) is -0.320. The highest BCUT2D eigenvalue weighted by molar-refractivity contribution is 6.04. The molecule has 1 aliphatic rings. The fourth-order valence-corrected chi connectivity index (χ4v) is 3.90. The molecule has 0 aliphatic carbocycles. The Morgan fingerprint density at radius 2 is 2.07 bits per heavy atom. The minimum absolute atomic E-state index is 0.0560. The number of nitrogens with one attached hydrogen (secondary N) is 2. The maximum atomic E-state index is 13.1. The minimum Gasteiger partial charge on any atom is -0.348 e. The van der Waals surface area contributed by atoms with Crippen molar-refractivity contribution in [3.63, 3.8) is 0 Å². The molecule has 4 aromatic rings. The Morgan fingerprint density at radius 3 is 2.93 bits per heavy atom. The molecule has 30 heavy (non-hydrogen) atoms. The highest BCUT2D eigenvalue weighted by Gasteiger charge is 2.32. The molecule has 0 bridgehead atoms. The second-order valence-corrected chi connectivity index (χ2v) is 7.32. The van der Waals surface area contributed by atoms with Gasteiger partial charge in [0.2, 0.25) is 0 Å². The molecule has 3 aromatic heterocycles. The number of nitrogens with zero attached hydrogens (tertiary/aromatic N) is 4. The van der Waals surface area contributed by atoms with Crippen molar-refractivity contribution in [1.29, 1.82) is 0 Å². The third kappa shape index (κ3) is 3.22. The van der Waals surface area contributed by atoms with Crippen molar-refractivity contribution in [3.05, 3.63) is 84.1 Å². The number of pyridine rings is 1. The first kappa shape index (κ1) is 18.1. The number of carbonyl (C=O) groups is 2. The SMILES string of the molecule is O=C(NCC1Cn2cccc2C(=O)N1Cc1cccnc1)c1n[nH]c2ccccc12. The Bertz CT molecular complexity index is 1210. The van der Waals surface area contributed by atoms with E-state index in [1.807, 2.05) is 59.3 Å². The number of para-hydroxylation sites is 1. The first-order valence-electron chi connectivity index (χ1n) is 9.77. The predicted octanol–water partition coefficient (Wildman–Crippen LogP) is 2.21. The summed E-state index contributed by atoms with van der Waals surface area (Å²) < 4.78 is 1.93. The second kappa shape index (κ2) is 7.47. The summed E-state index contributed by atoms with van der Waals surface area (Å²) in [5, 5.41) is 10.8. The van der Waals surface area contributed by atoms with Crippen molar-refractivity contribution in [2.45, 2.75) is 19.1 Å². The zero-order valence-corrected chi connectivity index (χ0v) is 16.2. The fourth-order valence-electron chi connectivity index (χ4n) is 3.90. The molecule has 2 amide bonds. The van der Waals surface area contributed by atoms with Crippen molar-refractivity contribution in [1.82, 2.24) is 30.0 Å². The summed E-state index contributed by atoms with van der Waals surface area (Å²) >= 11 is 0. The van der Waals surface area contributed by atoms with E-state index in [1.54, 1.807) is 17.3 Å². The average molecular weight is 400 g/mol. The number of hydrogen-bond donors (Lipinski definition) is 2. The zero-order chi connectivity index (χ0) is 20.5. The molecule has 1 unspecified atom stereocenters. The summed E-state index contributed by atoms with van der Waals surface area (Å²) in [4.78, 5) is 31.8. The first-order valence-corrected chi connectivity index (χ1v) is 9.77. The van der Waals surface area contributed by atoms with Crippen LogP contribution in [-0.2, 0) is 13.1 Å². The number of hydrogen-bond acceptors (Lipinski definition) is 4. The third-order valence-electron chi connectivity index (χ3n) is 5.42. The van der Waals surface area contributed by atoms with Gasteiger partial charge in [-0.2, -0.15) is 5.10 Å². The van der Waals surface area contributed by atoms with Gasteiger partial charge >= 0.3 is 0 Å². The van der Waals surface area contributed by atoms with E-state index in [0.717, 1.165) is 16.5 Å². The van der Waals surface area contributed by atoms with Gasteiger partial charge in [0.1, 0.15) is 5.69 Å². The van der Waals surface area contributed by atoms with Crippen molar-refractivity contribution in [2.24, 2.45) is 0 Å². The van der Waals surface area contributed by atoms with Gasteiger partial charge in [-0.15, -0.1) is 0 Å². The van der Waals surface area contributed by atoms with E-state index >= 15 is 0 Å². The van der Waals surface area contributed by atoms with Gasteiger partial charge in [0.15, 0.2) is 5.69 Å². The smallest absolute Gasteiger partial charge is 0.272 e. The fraction of sp³-hybridized carbons (Fsp3) is 0.182. The van der Waals surface area contributed by atoms with E-state index < -0.39 is 0 Å². The van der Waals surface area contributed by atoms with Gasteiger partial charge in [-0.25, -0.2) is 0 Å². The standard InChI is InChI=1S/C22H20N6O2/c29-21(20-17-6-1-2-7-18(17)25-26-20)24-12-16-14-27-10-4-8-19(27)22(30)28(16)13-15-5-3-9-23-11-15/h1-11,16H,12-14H2,(H,24,29)(H,25,26). The van der Waals surface area contributed by atoms with Crippen LogP contribution >= 0.6 is 0 Å². The molecule has 150 valence electrons. The first-order chi connectivity index (χ1) is 14.7. The van der Waals surface area contributed by atoms with E-state index in [9.17, 15) is 9.59 Å². The van der Waals surface area contributed by atoms with E-state index in [0.29, 0.717) is 31.0 Å². The van der Waals surface area contributed by atoms with Crippen LogP contribution in [0, 0.1) is 0 Å². The molecule has 5 rings (SSSR count). The molecule has 0 saturated carbocycles. The van der Waals surface area contributed by atoms with Gasteiger partial charge in [0.25, 0.3) is 11.8 Å². The largest absolute Gasteiger partial charge is 0.348 e. The highest BCUT2D eigenvalue weighted by Crippen LogP contribution is 2.21. The van der Waals surface area contributed by atoms with Gasteiger partial charge in [-0.05, 0) is 29.8 Å². The summed E-state index contributed by atoms with van der Waals surface area (Å²) in [6, 6.07) is 14.8. The number of H-pyrrole nitrogens is 1. The monoisotopic (exact) mass is 400 g/mol. The predicted molar refractivity (Wildman–Crippen MR) is 111 cm³/mol. The van der Waals surface area contributed by atoms with E-state index in [2.05, 4.69) is 20.5 Å². The normalized spacial score (nSPS) is 15.9. The minimum atomic E-state index is -0.264. The molecular weight excluding hydrogens is 380 g/mol. The zero-order valence-electron chi connectivity index (χ0n) is 16.2. The quantitative estimate of drug-likeness (QED) is 0.537. The average Bonchev–Trinajstić information content (AvgIpc) is 3.42. The van der Waals surface area contributed by atoms with Crippen LogP contribution in [-0.4, -0.2) is 49.0 Å². The second-order valence-electron chi connectivity index (χ2n) is 7.32. The Balaban J connectivity index is 1.37. The van der Waals surface area contributed by atoms with Crippen LogP contribution in [0.15, 0.2) is 67.1 Å². The van der Waals surface area contributed by atoms with Crippen LogP contribution in [0.5, 0.6) is 0 Å². The molecule has 1 aromatic carbocycles. The van der Waals surface area contributed by atoms with E-state index in [-0.39, 0.29) is 17.9 Å². The Kier molecular flexibility index (Phi) is 4.51. The lowest BCUT2D eigenvalue weighted by molar-refractivity contribution is 0.0562. The molecule has 8 nitrogen and oxygen atoms in total. The molecule has 4 heterocycles. The maximum absolute atomic E-state index is 13.1. The number of benzene rings is 1. The number of aromatic amines is 1. The molecule has 0 saturated heterocycles. The number of amides is 2. The van der Waals surface area contributed by atoms with Gasteiger partial charge in [-0.1, -0.05) is 24.3 Å². The Morgan fingerprint density at radius 1 is 1.17 bits per heavy atom. The van der Waals surface area contributed by atoms with Crippen LogP contribution in [0.1, 0.15) is 26.5 Å². The van der Waals surface area contributed by atoms with Crippen molar-refractivity contribution < 1.29 is 9.59 Å². The third-order valence-corrected chi connectivity index (χ3v) is 5.42. The molecule has 0 spiro atoms. The van der Waals surface area contributed by atoms with Gasteiger partial charge in [-0.3, -0.25) is 19.7 Å². The lowest BCUT2D eigenvalue weighted by Crippen LogP contribution is -2.52. The number of rotatable bonds is 5. The molecule has 0 fully saturated rings. The van der Waals surface area contributed by atoms with Crippen LogP contribution < -0.4 is 5.32 Å². The number of fused-ring (bicyclic) bond motifs is 2. The number of aromatic nitrogens is 4. The summed E-state index contributed by atoms with van der Waals surface area (Å²) in [6.45, 7) is 1.36. The van der Waals surface area contributed by atoms with Crippen molar-refractivity contribution >= 4 is 22.7 Å². The summed E-state index contributed by atoms with van der Waals surface area (Å²) in [5.41, 5.74) is 2.76. The van der Waals surface area contributed by atoms with Gasteiger partial charge in [0, 0.05) is 43.6 Å². The van der Waals surface area contributed by atoms with Crippen LogP contribution in [0.3, 0.4) is 0 Å². The molecular formula is C22H20N6O2. The van der Waals surface area contributed by atoms with Crippen LogP contribution in [0.2, 0.25) is 0 Å². The topological polar surface area (TPSA) is 95.9 Å². The Labute approximate surface area is 172 Å². The highest BCUT2D eigenvalue weighted by atomic mass is 16.2. The molecule has 2 N–H and O–H groups in total. The molecule has 8 heteroatoms. The van der Waals surface area contributed by atoms with E-state index in [4.69, 9.17) is 0 Å². The van der Waals surface area contributed by atoms with Gasteiger partial charge in [0.05, 0.1) is 11.6 Å². The summed E-state index contributed by atoms with van der Waals surface area (Å²) in [7, 11) is 0. The van der Waals surface area contributed by atoms with Gasteiger partial charge < -0.3 is 14.8 Å². The number of carbonyl (C=O) groups excluding carboxylic acids is 2. The molecule has 1 aliphatic heterocycles.